The molecule has 0 unspecified atom stereocenters. The van der Waals surface area contributed by atoms with Crippen LogP contribution in [0.1, 0.15) is 13.3 Å². The maximum Gasteiger partial charge on any atom is 0.355 e. The number of aromatic hydroxyl groups is 1. The number of phenolic OH excluding ortho intramolecular Hbond substituents is 1. The molecule has 0 radical (unpaired) electrons. The molecule has 0 fully saturated rings. The van der Waals surface area contributed by atoms with Crippen LogP contribution < -0.4 is 4.89 Å². The Balaban J connectivity index is 1.39. The van der Waals surface area contributed by atoms with Gasteiger partial charge in [-0.1, -0.05) is 116 Å². The van der Waals surface area contributed by atoms with Gasteiger partial charge in [0.05, 0.1) is 5.56 Å². The molecule has 43 heavy (non-hydrogen) atoms. The van der Waals surface area contributed by atoms with Crippen LogP contribution >= 0.6 is 0 Å². The molecule has 1 N–H and O–H groups in total. The summed E-state index contributed by atoms with van der Waals surface area (Å²) in [7, 11) is 0. The van der Waals surface area contributed by atoms with Gasteiger partial charge in [-0.3, -0.25) is 9.78 Å². The third-order valence-electron chi connectivity index (χ3n) is 6.87. The predicted octanol–water partition coefficient (Wildman–Crippen LogP) is 8.16. The fourth-order valence-corrected chi connectivity index (χ4v) is 4.55. The maximum absolute atomic E-state index is 11.5. The lowest BCUT2D eigenvalue weighted by Crippen LogP contribution is -2.06. The van der Waals surface area contributed by atoms with Gasteiger partial charge in [0.25, 0.3) is 0 Å². The van der Waals surface area contributed by atoms with Gasteiger partial charge in [-0.15, -0.1) is 0 Å². The number of aromatic nitrogens is 3. The number of nitrogens with zero attached hydrogens (tertiary/aromatic N) is 3. The monoisotopic (exact) mass is 565 g/mol. The second kappa shape index (κ2) is 12.4. The minimum absolute atomic E-state index is 0.132. The number of hydrogen-bond donors (Lipinski definition) is 1. The van der Waals surface area contributed by atoms with Crippen molar-refractivity contribution in [2.45, 2.75) is 13.3 Å². The normalized spacial score (nSPS) is 10.7. The summed E-state index contributed by atoms with van der Waals surface area (Å²) < 4.78 is 0. The Morgan fingerprint density at radius 3 is 1.49 bits per heavy atom. The highest BCUT2D eigenvalue weighted by molar-refractivity contribution is 5.74. The molecule has 6 aromatic rings. The van der Waals surface area contributed by atoms with Crippen LogP contribution in [0.4, 0.5) is 0 Å². The van der Waals surface area contributed by atoms with E-state index in [-0.39, 0.29) is 23.7 Å². The van der Waals surface area contributed by atoms with Crippen molar-refractivity contribution >= 4 is 5.97 Å². The van der Waals surface area contributed by atoms with Gasteiger partial charge in [-0.25, -0.2) is 19.7 Å². The third-order valence-corrected chi connectivity index (χ3v) is 6.87. The minimum atomic E-state index is -0.521. The van der Waals surface area contributed by atoms with Crippen molar-refractivity contribution in [1.82, 2.24) is 15.0 Å². The van der Waals surface area contributed by atoms with Crippen LogP contribution in [0.25, 0.3) is 56.4 Å². The smallest absolute Gasteiger partial charge is 0.355 e. The Labute approximate surface area is 249 Å². The fourth-order valence-electron chi connectivity index (χ4n) is 4.55. The van der Waals surface area contributed by atoms with E-state index >= 15 is 0 Å². The standard InChI is InChI=1S/C36H27N3O4/c1-2-33(41)43-42-30-21-22-31(32(40)23-30)36-38-34(28-17-13-26(14-18-28)24-9-5-3-6-10-24)37-35(39-36)29-19-15-27(16-20-29)25-11-7-4-8-12-25/h3-23,40H,2H2,1H3. The summed E-state index contributed by atoms with van der Waals surface area (Å²) in [5.41, 5.74) is 6.36. The molecule has 0 aliphatic heterocycles. The highest BCUT2D eigenvalue weighted by Crippen LogP contribution is 2.33. The average molecular weight is 566 g/mol. The van der Waals surface area contributed by atoms with Gasteiger partial charge in [0, 0.05) is 23.6 Å². The van der Waals surface area contributed by atoms with Crippen LogP contribution in [0.3, 0.4) is 0 Å². The second-order valence-corrected chi connectivity index (χ2v) is 9.76. The quantitative estimate of drug-likeness (QED) is 0.147. The summed E-state index contributed by atoms with van der Waals surface area (Å²) in [4.78, 5) is 35.5. The lowest BCUT2D eigenvalue weighted by atomic mass is 10.0. The Morgan fingerprint density at radius 1 is 0.581 bits per heavy atom. The van der Waals surface area contributed by atoms with Crippen molar-refractivity contribution in [3.63, 3.8) is 0 Å². The number of carbonyl (C=O) groups is 1. The number of benzene rings is 5. The SMILES string of the molecule is CCC(=O)OOc1ccc(-c2nc(-c3ccc(-c4ccccc4)cc3)nc(-c3ccc(-c4ccccc4)cc3)n2)c(O)c1. The first-order valence-electron chi connectivity index (χ1n) is 13.9. The first-order valence-corrected chi connectivity index (χ1v) is 13.9. The molecule has 1 heterocycles. The van der Waals surface area contributed by atoms with E-state index in [2.05, 4.69) is 24.3 Å². The van der Waals surface area contributed by atoms with Crippen molar-refractivity contribution in [1.29, 1.82) is 0 Å². The molecule has 0 aliphatic rings. The maximum atomic E-state index is 11.5. The molecule has 7 nitrogen and oxygen atoms in total. The van der Waals surface area contributed by atoms with E-state index in [4.69, 9.17) is 24.7 Å². The van der Waals surface area contributed by atoms with E-state index in [0.717, 1.165) is 33.4 Å². The van der Waals surface area contributed by atoms with Crippen LogP contribution in [-0.4, -0.2) is 26.0 Å². The van der Waals surface area contributed by atoms with Gasteiger partial charge >= 0.3 is 5.97 Å². The summed E-state index contributed by atoms with van der Waals surface area (Å²) in [6, 6.07) is 40.8. The molecular weight excluding hydrogens is 538 g/mol. The van der Waals surface area contributed by atoms with Crippen molar-refractivity contribution < 1.29 is 19.7 Å². The number of rotatable bonds is 8. The molecule has 0 spiro atoms. The topological polar surface area (TPSA) is 94.4 Å². The van der Waals surface area contributed by atoms with Crippen LogP contribution in [0.2, 0.25) is 0 Å². The van der Waals surface area contributed by atoms with Gasteiger partial charge in [-0.2, -0.15) is 0 Å². The van der Waals surface area contributed by atoms with E-state index in [1.54, 1.807) is 19.1 Å². The van der Waals surface area contributed by atoms with Crippen LogP contribution in [-0.2, 0) is 9.68 Å². The Morgan fingerprint density at radius 2 is 1.02 bits per heavy atom. The van der Waals surface area contributed by atoms with E-state index < -0.39 is 5.97 Å². The molecule has 0 bridgehead atoms. The summed E-state index contributed by atoms with van der Waals surface area (Å²) in [6.45, 7) is 1.66. The summed E-state index contributed by atoms with van der Waals surface area (Å²) >= 11 is 0. The van der Waals surface area contributed by atoms with Crippen molar-refractivity contribution in [2.24, 2.45) is 0 Å². The molecule has 1 aromatic heterocycles. The van der Waals surface area contributed by atoms with Gasteiger partial charge < -0.3 is 5.11 Å². The molecule has 6 rings (SSSR count). The van der Waals surface area contributed by atoms with Gasteiger partial charge in [0.1, 0.15) is 5.75 Å². The first-order chi connectivity index (χ1) is 21.1. The lowest BCUT2D eigenvalue weighted by Gasteiger charge is -2.11. The number of hydrogen-bond acceptors (Lipinski definition) is 7. The predicted molar refractivity (Wildman–Crippen MR) is 166 cm³/mol. The summed E-state index contributed by atoms with van der Waals surface area (Å²) in [6.07, 6.45) is 0.166. The van der Waals surface area contributed by atoms with Crippen molar-refractivity contribution in [2.75, 3.05) is 0 Å². The molecule has 0 saturated carbocycles. The third kappa shape index (κ3) is 6.26. The van der Waals surface area contributed by atoms with Gasteiger partial charge in [0.15, 0.2) is 23.2 Å². The zero-order valence-electron chi connectivity index (χ0n) is 23.3. The average Bonchev–Trinajstić information content (AvgIpc) is 3.08. The van der Waals surface area contributed by atoms with E-state index in [1.807, 2.05) is 84.9 Å². The number of carbonyl (C=O) groups excluding carboxylic acids is 1. The number of phenols is 1. The molecule has 7 heteroatoms. The first kappa shape index (κ1) is 27.4. The molecule has 210 valence electrons. The minimum Gasteiger partial charge on any atom is -0.507 e. The van der Waals surface area contributed by atoms with E-state index in [1.165, 1.54) is 6.07 Å². The van der Waals surface area contributed by atoms with Crippen molar-refractivity contribution in [3.8, 4) is 67.9 Å². The molecule has 0 atom stereocenters. The molecule has 5 aromatic carbocycles. The van der Waals surface area contributed by atoms with Crippen LogP contribution in [0.15, 0.2) is 127 Å². The highest BCUT2D eigenvalue weighted by atomic mass is 17.2. The lowest BCUT2D eigenvalue weighted by molar-refractivity contribution is -0.213. The largest absolute Gasteiger partial charge is 0.507 e. The van der Waals surface area contributed by atoms with Crippen molar-refractivity contribution in [3.05, 3.63) is 127 Å². The molecule has 0 saturated heterocycles. The molecule has 0 aliphatic carbocycles. The second-order valence-electron chi connectivity index (χ2n) is 9.76. The molecular formula is C36H27N3O4. The zero-order chi connectivity index (χ0) is 29.6. The zero-order valence-corrected chi connectivity index (χ0v) is 23.3. The summed E-state index contributed by atoms with van der Waals surface area (Å²) in [5, 5.41) is 10.9. The van der Waals surface area contributed by atoms with Gasteiger partial charge in [-0.05, 0) is 34.4 Å². The Kier molecular flexibility index (Phi) is 7.87. The highest BCUT2D eigenvalue weighted by Gasteiger charge is 2.16. The van der Waals surface area contributed by atoms with Crippen LogP contribution in [0.5, 0.6) is 11.5 Å². The van der Waals surface area contributed by atoms with E-state index in [0.29, 0.717) is 17.2 Å². The van der Waals surface area contributed by atoms with Gasteiger partial charge in [0.2, 0.25) is 0 Å². The fraction of sp³-hybridized carbons (Fsp3) is 0.0556. The molecule has 0 amide bonds. The Bertz CT molecular complexity index is 1760. The van der Waals surface area contributed by atoms with E-state index in [9.17, 15) is 9.90 Å². The Hall–Kier alpha value is -5.82. The van der Waals surface area contributed by atoms with Crippen LogP contribution in [0, 0.1) is 0 Å². The summed E-state index contributed by atoms with van der Waals surface area (Å²) in [5.74, 6) is 0.727.